The lowest BCUT2D eigenvalue weighted by Gasteiger charge is -2.73. The van der Waals surface area contributed by atoms with Crippen LogP contribution in [0, 0.1) is 56.7 Å². The van der Waals surface area contributed by atoms with E-state index in [2.05, 4.69) is 41.2 Å². The van der Waals surface area contributed by atoms with Gasteiger partial charge < -0.3 is 57.2 Å². The number of aliphatic hydroxyl groups excluding tert-OH is 1. The zero-order valence-electron chi connectivity index (χ0n) is 48.3. The lowest BCUT2D eigenvalue weighted by atomic mass is 9.32. The Morgan fingerprint density at radius 2 is 1.13 bits per heavy atom. The van der Waals surface area contributed by atoms with Gasteiger partial charge in [-0.2, -0.15) is 0 Å². The first-order valence-electron chi connectivity index (χ1n) is 27.9. The average molecular weight is 1100 g/mol. The van der Waals surface area contributed by atoms with Crippen molar-refractivity contribution in [2.75, 3.05) is 13.2 Å². The Kier molecular flexibility index (Phi) is 17.7. The van der Waals surface area contributed by atoms with E-state index in [0.29, 0.717) is 31.1 Å². The van der Waals surface area contributed by atoms with Crippen molar-refractivity contribution in [3.8, 4) is 0 Å². The van der Waals surface area contributed by atoms with Gasteiger partial charge in [-0.3, -0.25) is 38.4 Å². The Morgan fingerprint density at radius 1 is 0.538 bits per heavy atom. The van der Waals surface area contributed by atoms with Crippen LogP contribution in [-0.2, 0) is 90.5 Å². The summed E-state index contributed by atoms with van der Waals surface area (Å²) >= 11 is 0. The van der Waals surface area contributed by atoms with Crippen LogP contribution < -0.4 is 0 Å². The SMILES string of the molecule is C=C(C)[C@@H]1CC[C@]2(C[C@@]3(OC(C)=O)[C@H](OC4O[C@H](COC(C)=O)[C@@H](OC(C)=O)[C@H](OC(C)=O)[C@H]4OC(C)=O)[C@@H](CO)O[C@@H](OC(C)=O)[C@@H]3OC(C)=O)CC[C@]3(C)[C@H](CCC4[C@@]5(C)CCC(OC(C)=O)C(C)(C)[C@@H]5CC[C@]43C)[C@@H]12. The summed E-state index contributed by atoms with van der Waals surface area (Å²) in [6, 6.07) is 0. The number of fused-ring (bicyclic) bond motifs is 7. The molecule has 7 fully saturated rings. The number of rotatable bonds is 15. The van der Waals surface area contributed by atoms with Crippen molar-refractivity contribution in [1.29, 1.82) is 0 Å². The minimum absolute atomic E-state index is 0.0155. The van der Waals surface area contributed by atoms with Crippen molar-refractivity contribution in [2.24, 2.45) is 56.7 Å². The van der Waals surface area contributed by atoms with Crippen LogP contribution in [0.4, 0.5) is 0 Å². The van der Waals surface area contributed by atoms with Gasteiger partial charge in [0, 0.05) is 60.8 Å². The van der Waals surface area contributed by atoms with Crippen molar-refractivity contribution < 1.29 is 95.6 Å². The normalized spacial score (nSPS) is 42.3. The van der Waals surface area contributed by atoms with Crippen LogP contribution in [0.1, 0.15) is 168 Å². The number of allylic oxidation sites excluding steroid dienone is 1. The summed E-state index contributed by atoms with van der Waals surface area (Å²) in [5, 5.41) is 11.5. The molecule has 2 saturated heterocycles. The Hall–Kier alpha value is -4.66. The lowest BCUT2D eigenvalue weighted by molar-refractivity contribution is -0.381. The van der Waals surface area contributed by atoms with Crippen LogP contribution >= 0.6 is 0 Å². The highest BCUT2D eigenvalue weighted by Gasteiger charge is 2.74. The van der Waals surface area contributed by atoms with Crippen molar-refractivity contribution in [3.05, 3.63) is 12.2 Å². The molecule has 2 heterocycles. The van der Waals surface area contributed by atoms with Gasteiger partial charge in [-0.15, -0.1) is 0 Å². The van der Waals surface area contributed by atoms with E-state index in [9.17, 15) is 43.5 Å². The second-order valence-corrected chi connectivity index (χ2v) is 25.2. The minimum atomic E-state index is -2.22. The summed E-state index contributed by atoms with van der Waals surface area (Å²) in [5.41, 5.74) is -2.62. The summed E-state index contributed by atoms with van der Waals surface area (Å²) < 4.78 is 67.1. The van der Waals surface area contributed by atoms with Gasteiger partial charge in [0.2, 0.25) is 12.4 Å². The number of aliphatic hydroxyl groups is 1. The van der Waals surface area contributed by atoms with Gasteiger partial charge in [-0.25, -0.2) is 0 Å². The molecule has 0 aromatic carbocycles. The third-order valence-electron chi connectivity index (χ3n) is 20.3. The summed E-state index contributed by atoms with van der Waals surface area (Å²) in [4.78, 5) is 104. The molecule has 0 aromatic heterocycles. The fourth-order valence-electron chi connectivity index (χ4n) is 17.5. The van der Waals surface area contributed by atoms with Crippen molar-refractivity contribution in [3.63, 3.8) is 0 Å². The zero-order chi connectivity index (χ0) is 57.8. The molecule has 5 aliphatic carbocycles. The Balaban J connectivity index is 1.39. The average Bonchev–Trinajstić information content (AvgIpc) is 3.80. The number of carbonyl (C=O) groups is 8. The largest absolute Gasteiger partial charge is 0.463 e. The molecule has 20 atom stereocenters. The van der Waals surface area contributed by atoms with Gasteiger partial charge >= 0.3 is 47.8 Å². The van der Waals surface area contributed by atoms with E-state index in [1.165, 1.54) is 13.8 Å². The topological polar surface area (TPSA) is 258 Å². The molecule has 7 rings (SSSR count). The molecule has 438 valence electrons. The van der Waals surface area contributed by atoms with Crippen LogP contribution in [0.5, 0.6) is 0 Å². The predicted molar refractivity (Wildman–Crippen MR) is 274 cm³/mol. The van der Waals surface area contributed by atoms with E-state index in [1.807, 2.05) is 6.92 Å². The second-order valence-electron chi connectivity index (χ2n) is 25.2. The monoisotopic (exact) mass is 1100 g/mol. The van der Waals surface area contributed by atoms with E-state index in [1.54, 1.807) is 0 Å². The summed E-state index contributed by atoms with van der Waals surface area (Å²) in [7, 11) is 0. The van der Waals surface area contributed by atoms with Gasteiger partial charge in [0.1, 0.15) is 31.0 Å². The highest BCUT2D eigenvalue weighted by Crippen LogP contribution is 2.78. The molecular weight excluding hydrogens is 1020 g/mol. The highest BCUT2D eigenvalue weighted by atomic mass is 16.8. The van der Waals surface area contributed by atoms with Crippen LogP contribution in [0.3, 0.4) is 0 Å². The molecule has 78 heavy (non-hydrogen) atoms. The highest BCUT2D eigenvalue weighted by molar-refractivity contribution is 5.70. The second kappa shape index (κ2) is 22.7. The molecule has 0 aromatic rings. The maximum absolute atomic E-state index is 14.2. The molecule has 20 nitrogen and oxygen atoms in total. The summed E-state index contributed by atoms with van der Waals surface area (Å²) in [6.07, 6.45) is -7.39. The van der Waals surface area contributed by atoms with Crippen LogP contribution in [0.25, 0.3) is 0 Å². The van der Waals surface area contributed by atoms with Crippen LogP contribution in [-0.4, -0.2) is 133 Å². The molecule has 0 spiro atoms. The standard InChI is InChI=1S/C58H86O20/c1-29(2)38-18-23-57(25-24-55(14)39(45(38)57)16-17-43-54(13)21-20-44(69-31(4)61)53(11,12)42(54)19-22-56(43,55)15)28-58(78-37(10)67)49(40(26-59)75-52(74-36(9)66)50(58)73-35(8)65)77-51-48(72-34(7)64)47(71-33(6)63)46(70-32(5)62)41(76-51)27-68-30(3)60/h38-52,59H,1,16-28H2,2-15H3/t38-,39+,40+,41+,42-,43?,44?,45+,46+,47-,48+,49+,50-,51?,52+,54-,55+,56+,57+,58+/m0/s1. The molecular formula is C58H86O20. The number of ether oxygens (including phenoxy) is 11. The van der Waals surface area contributed by atoms with Gasteiger partial charge in [0.15, 0.2) is 30.2 Å². The molecule has 7 aliphatic rings. The summed E-state index contributed by atoms with van der Waals surface area (Å²) in [5.74, 6) is -5.63. The lowest BCUT2D eigenvalue weighted by Crippen LogP contribution is -2.74. The van der Waals surface area contributed by atoms with Crippen LogP contribution in [0.2, 0.25) is 0 Å². The first-order valence-corrected chi connectivity index (χ1v) is 27.9. The minimum Gasteiger partial charge on any atom is -0.463 e. The number of esters is 8. The van der Waals surface area contributed by atoms with Crippen LogP contribution in [0.15, 0.2) is 12.2 Å². The van der Waals surface area contributed by atoms with Gasteiger partial charge in [0.05, 0.1) is 6.61 Å². The molecule has 20 heteroatoms. The Morgan fingerprint density at radius 3 is 1.69 bits per heavy atom. The van der Waals surface area contributed by atoms with Gasteiger partial charge in [-0.05, 0) is 129 Å². The molecule has 2 aliphatic heterocycles. The van der Waals surface area contributed by atoms with Crippen molar-refractivity contribution >= 4 is 47.8 Å². The number of hydrogen-bond donors (Lipinski definition) is 1. The third kappa shape index (κ3) is 11.1. The van der Waals surface area contributed by atoms with E-state index < -0.39 is 121 Å². The zero-order valence-corrected chi connectivity index (χ0v) is 48.3. The maximum Gasteiger partial charge on any atom is 0.305 e. The van der Waals surface area contributed by atoms with E-state index in [4.69, 9.17) is 52.1 Å². The first-order chi connectivity index (χ1) is 36.3. The van der Waals surface area contributed by atoms with E-state index in [-0.39, 0.29) is 57.9 Å². The summed E-state index contributed by atoms with van der Waals surface area (Å²) in [6.45, 7) is 26.4. The molecule has 5 saturated carbocycles. The molecule has 0 amide bonds. The van der Waals surface area contributed by atoms with Crippen molar-refractivity contribution in [1.82, 2.24) is 0 Å². The predicted octanol–water partition coefficient (Wildman–Crippen LogP) is 6.95. The molecule has 0 bridgehead atoms. The number of hydrogen-bond acceptors (Lipinski definition) is 20. The molecule has 0 radical (unpaired) electrons. The van der Waals surface area contributed by atoms with E-state index in [0.717, 1.165) is 92.1 Å². The molecule has 3 unspecified atom stereocenters. The molecule has 1 N–H and O–H groups in total. The van der Waals surface area contributed by atoms with E-state index >= 15 is 0 Å². The fraction of sp³-hybridized carbons (Fsp3) is 0.828. The van der Waals surface area contributed by atoms with Gasteiger partial charge in [0.25, 0.3) is 0 Å². The maximum atomic E-state index is 14.2. The number of carbonyl (C=O) groups excluding carboxylic acids is 8. The Bertz CT molecular complexity index is 2350. The smallest absolute Gasteiger partial charge is 0.305 e. The van der Waals surface area contributed by atoms with Crippen molar-refractivity contribution in [2.45, 2.75) is 235 Å². The van der Waals surface area contributed by atoms with Gasteiger partial charge in [-0.1, -0.05) is 46.8 Å². The fourth-order valence-corrected chi connectivity index (χ4v) is 17.5. The third-order valence-corrected chi connectivity index (χ3v) is 20.3. The quantitative estimate of drug-likeness (QED) is 0.0988. The first kappa shape index (κ1) is 61.0. The Labute approximate surface area is 458 Å².